The molecule has 0 spiro atoms. The Balaban J connectivity index is 0.000000132. The van der Waals surface area contributed by atoms with Gasteiger partial charge in [0, 0.05) is 11.4 Å². The number of nitrogens with one attached hydrogen (secondary N) is 1. The van der Waals surface area contributed by atoms with Crippen LogP contribution in [0.15, 0.2) is 109 Å². The van der Waals surface area contributed by atoms with Crippen molar-refractivity contribution >= 4 is 43.7 Å². The average Bonchev–Trinajstić information content (AvgIpc) is 2.81. The molecule has 0 heterocycles. The fourth-order valence-electron chi connectivity index (χ4n) is 4.11. The molecule has 6 aromatic carbocycles. The number of hydrogen-bond acceptors (Lipinski definition) is 1. The summed E-state index contributed by atoms with van der Waals surface area (Å²) in [6, 6.07) is 38.7. The minimum atomic E-state index is 1.13. The van der Waals surface area contributed by atoms with E-state index in [9.17, 15) is 0 Å². The summed E-state index contributed by atoms with van der Waals surface area (Å²) >= 11 is 0. The van der Waals surface area contributed by atoms with E-state index in [1.165, 1.54) is 43.4 Å². The predicted octanol–water partition coefficient (Wildman–Crippen LogP) is 8.63. The first-order chi connectivity index (χ1) is 15.2. The Bertz CT molecular complexity index is 1270. The van der Waals surface area contributed by atoms with Crippen LogP contribution in [-0.2, 0) is 0 Å². The van der Waals surface area contributed by atoms with E-state index in [1.807, 2.05) is 0 Å². The van der Waals surface area contributed by atoms with Crippen LogP contribution in [0.3, 0.4) is 0 Å². The van der Waals surface area contributed by atoms with Crippen molar-refractivity contribution in [2.45, 2.75) is 13.8 Å². The van der Waals surface area contributed by atoms with Gasteiger partial charge < -0.3 is 5.32 Å². The molecule has 0 aliphatic rings. The lowest BCUT2D eigenvalue weighted by Gasteiger charge is -2.09. The Morgan fingerprint density at radius 3 is 1.03 bits per heavy atom. The normalized spacial score (nSPS) is 10.9. The van der Waals surface area contributed by atoms with Gasteiger partial charge in [-0.05, 0) is 70.4 Å². The molecule has 0 unspecified atom stereocenters. The number of hydrogen-bond donors (Lipinski definition) is 1. The van der Waals surface area contributed by atoms with E-state index in [-0.39, 0.29) is 0 Å². The van der Waals surface area contributed by atoms with E-state index in [4.69, 9.17) is 0 Å². The summed E-state index contributed by atoms with van der Waals surface area (Å²) in [5.74, 6) is 0. The summed E-state index contributed by atoms with van der Waals surface area (Å²) in [6.07, 6.45) is 0. The minimum absolute atomic E-state index is 1.13. The molecule has 1 heteroatoms. The van der Waals surface area contributed by atoms with Gasteiger partial charge >= 0.3 is 0 Å². The van der Waals surface area contributed by atoms with Crippen molar-refractivity contribution in [3.63, 3.8) is 0 Å². The van der Waals surface area contributed by atoms with Gasteiger partial charge in [0.15, 0.2) is 0 Å². The van der Waals surface area contributed by atoms with Crippen molar-refractivity contribution in [1.29, 1.82) is 0 Å². The third-order valence-electron chi connectivity index (χ3n) is 5.78. The third-order valence-corrected chi connectivity index (χ3v) is 5.78. The van der Waals surface area contributed by atoms with Crippen molar-refractivity contribution in [2.75, 3.05) is 5.32 Å². The van der Waals surface area contributed by atoms with Crippen LogP contribution in [0.1, 0.15) is 11.1 Å². The third kappa shape index (κ3) is 3.95. The molecule has 150 valence electrons. The van der Waals surface area contributed by atoms with Crippen molar-refractivity contribution in [3.8, 4) is 0 Å². The zero-order valence-corrected chi connectivity index (χ0v) is 17.9. The molecule has 31 heavy (non-hydrogen) atoms. The summed E-state index contributed by atoms with van der Waals surface area (Å²) in [6.45, 7) is 4.19. The van der Waals surface area contributed by atoms with Crippen molar-refractivity contribution in [2.24, 2.45) is 0 Å². The lowest BCUT2D eigenvalue weighted by molar-refractivity contribution is 1.43. The van der Waals surface area contributed by atoms with Gasteiger partial charge in [0.2, 0.25) is 0 Å². The molecule has 0 aliphatic heterocycles. The highest BCUT2D eigenvalue weighted by atomic mass is 14.9. The highest BCUT2D eigenvalue weighted by Gasteiger charge is 2.06. The molecule has 0 aromatic heterocycles. The molecule has 0 radical (unpaired) electrons. The molecule has 0 atom stereocenters. The highest BCUT2D eigenvalue weighted by Crippen LogP contribution is 2.33. The van der Waals surface area contributed by atoms with Crippen LogP contribution in [0.25, 0.3) is 32.3 Å². The van der Waals surface area contributed by atoms with Crippen molar-refractivity contribution in [3.05, 3.63) is 120 Å². The Kier molecular flexibility index (Phi) is 5.01. The second-order valence-corrected chi connectivity index (χ2v) is 8.15. The second kappa shape index (κ2) is 8.12. The van der Waals surface area contributed by atoms with E-state index in [1.54, 1.807) is 0 Å². The maximum atomic E-state index is 3.36. The summed E-state index contributed by atoms with van der Waals surface area (Å²) < 4.78 is 0. The molecule has 0 aliphatic carbocycles. The van der Waals surface area contributed by atoms with E-state index < -0.39 is 0 Å². The zero-order valence-electron chi connectivity index (χ0n) is 17.9. The van der Waals surface area contributed by atoms with E-state index in [0.717, 1.165) is 11.4 Å². The molecular weight excluding hydrogens is 374 g/mol. The number of aryl methyl sites for hydroxylation is 2. The lowest BCUT2D eigenvalue weighted by atomic mass is 9.95. The van der Waals surface area contributed by atoms with Gasteiger partial charge in [-0.1, -0.05) is 96.1 Å². The molecule has 6 rings (SSSR count). The number of anilines is 2. The van der Waals surface area contributed by atoms with Gasteiger partial charge in [-0.3, -0.25) is 0 Å². The minimum Gasteiger partial charge on any atom is -0.356 e. The molecule has 0 saturated heterocycles. The summed E-state index contributed by atoms with van der Waals surface area (Å²) in [7, 11) is 0. The first-order valence-corrected chi connectivity index (χ1v) is 10.7. The summed E-state index contributed by atoms with van der Waals surface area (Å²) in [5.41, 5.74) is 4.82. The smallest absolute Gasteiger partial charge is 0.0384 e. The molecular formula is C30H25N. The van der Waals surface area contributed by atoms with Crippen LogP contribution in [0.4, 0.5) is 11.4 Å². The van der Waals surface area contributed by atoms with Gasteiger partial charge in [0.25, 0.3) is 0 Å². The summed E-state index contributed by atoms with van der Waals surface area (Å²) in [4.78, 5) is 0. The first-order valence-electron chi connectivity index (χ1n) is 10.7. The fourth-order valence-corrected chi connectivity index (χ4v) is 4.11. The van der Waals surface area contributed by atoms with Crippen LogP contribution < -0.4 is 5.32 Å². The van der Waals surface area contributed by atoms with Gasteiger partial charge in [-0.2, -0.15) is 0 Å². The van der Waals surface area contributed by atoms with Gasteiger partial charge in [0.05, 0.1) is 0 Å². The maximum absolute atomic E-state index is 3.36. The van der Waals surface area contributed by atoms with Crippen LogP contribution in [-0.4, -0.2) is 0 Å². The molecule has 0 fully saturated rings. The average molecular weight is 400 g/mol. The van der Waals surface area contributed by atoms with E-state index >= 15 is 0 Å². The lowest BCUT2D eigenvalue weighted by Crippen LogP contribution is -1.89. The Labute approximate surface area is 183 Å². The van der Waals surface area contributed by atoms with E-state index in [0.29, 0.717) is 0 Å². The molecule has 0 amide bonds. The predicted molar refractivity (Wildman–Crippen MR) is 136 cm³/mol. The fraction of sp³-hybridized carbons (Fsp3) is 0.0667. The van der Waals surface area contributed by atoms with Gasteiger partial charge in [-0.15, -0.1) is 0 Å². The van der Waals surface area contributed by atoms with Gasteiger partial charge in [0.1, 0.15) is 0 Å². The molecule has 0 saturated carbocycles. The van der Waals surface area contributed by atoms with Crippen LogP contribution in [0, 0.1) is 13.8 Å². The van der Waals surface area contributed by atoms with E-state index in [2.05, 4.69) is 128 Å². The van der Waals surface area contributed by atoms with Crippen molar-refractivity contribution < 1.29 is 0 Å². The molecule has 1 N–H and O–H groups in total. The highest BCUT2D eigenvalue weighted by molar-refractivity contribution is 6.22. The number of benzene rings is 6. The molecule has 6 aromatic rings. The maximum Gasteiger partial charge on any atom is 0.0384 e. The quantitative estimate of drug-likeness (QED) is 0.287. The topological polar surface area (TPSA) is 12.0 Å². The molecule has 0 bridgehead atoms. The van der Waals surface area contributed by atoms with Gasteiger partial charge in [-0.25, -0.2) is 0 Å². The van der Waals surface area contributed by atoms with Crippen LogP contribution in [0.5, 0.6) is 0 Å². The molecule has 1 nitrogen and oxygen atoms in total. The summed E-state index contributed by atoms with van der Waals surface area (Å²) in [5, 5.41) is 11.5. The largest absolute Gasteiger partial charge is 0.356 e. The zero-order chi connectivity index (χ0) is 21.2. The Morgan fingerprint density at radius 1 is 0.387 bits per heavy atom. The monoisotopic (exact) mass is 399 g/mol. The standard InChI is InChI=1S/C16H10.C14H15N/c1-3-11-7-9-13-5-2-6-14-10-8-12(4-1)15(11)16(13)14;1-11-3-7-13(8-4-11)15-14-9-5-12(2)6-10-14/h1-10H;3-10,15H,1-2H3. The second-order valence-electron chi connectivity index (χ2n) is 8.15. The Hall–Kier alpha value is -3.84. The SMILES string of the molecule is Cc1ccc(Nc2ccc(C)cc2)cc1.c1cc2ccc3cccc4ccc(c1)c2c34. The number of rotatable bonds is 2. The van der Waals surface area contributed by atoms with Crippen LogP contribution in [0.2, 0.25) is 0 Å². The van der Waals surface area contributed by atoms with Crippen LogP contribution >= 0.6 is 0 Å². The van der Waals surface area contributed by atoms with Crippen molar-refractivity contribution in [1.82, 2.24) is 0 Å². The Morgan fingerprint density at radius 2 is 0.710 bits per heavy atom. The first kappa shape index (κ1) is 19.1.